The summed E-state index contributed by atoms with van der Waals surface area (Å²) < 4.78 is 15.5. The molecule has 0 saturated heterocycles. The predicted octanol–water partition coefficient (Wildman–Crippen LogP) is 3.89. The molecule has 0 unspecified atom stereocenters. The lowest BCUT2D eigenvalue weighted by molar-refractivity contribution is -0.133. The lowest BCUT2D eigenvalue weighted by Gasteiger charge is -2.28. The fraction of sp³-hybridized carbons (Fsp3) is 0.467. The van der Waals surface area contributed by atoms with Gasteiger partial charge in [-0.25, -0.2) is 9.37 Å². The largest absolute Gasteiger partial charge is 0.481 e. The topological polar surface area (TPSA) is 55.1 Å². The summed E-state index contributed by atoms with van der Waals surface area (Å²) in [5, 5.41) is 9.49. The Labute approximate surface area is 127 Å². The SMILES string of the molecule is CCCC(C)(C)n1c(SCC(=O)O)nc2ccc(F)cc21. The van der Waals surface area contributed by atoms with E-state index in [0.29, 0.717) is 16.2 Å². The highest BCUT2D eigenvalue weighted by molar-refractivity contribution is 7.99. The van der Waals surface area contributed by atoms with Crippen molar-refractivity contribution in [1.29, 1.82) is 0 Å². The lowest BCUT2D eigenvalue weighted by Crippen LogP contribution is -2.26. The Morgan fingerprint density at radius 2 is 2.19 bits per heavy atom. The molecule has 0 saturated carbocycles. The summed E-state index contributed by atoms with van der Waals surface area (Å²) in [4.78, 5) is 15.3. The van der Waals surface area contributed by atoms with Gasteiger partial charge in [0.2, 0.25) is 0 Å². The zero-order chi connectivity index (χ0) is 15.6. The molecule has 1 heterocycles. The zero-order valence-electron chi connectivity index (χ0n) is 12.4. The summed E-state index contributed by atoms with van der Waals surface area (Å²) in [5.74, 6) is -1.27. The lowest BCUT2D eigenvalue weighted by atomic mass is 9.98. The van der Waals surface area contributed by atoms with E-state index in [1.54, 1.807) is 6.07 Å². The van der Waals surface area contributed by atoms with Crippen LogP contribution in [0.3, 0.4) is 0 Å². The maximum absolute atomic E-state index is 13.6. The summed E-state index contributed by atoms with van der Waals surface area (Å²) >= 11 is 1.17. The fourth-order valence-corrected chi connectivity index (χ4v) is 3.45. The molecule has 2 aromatic rings. The number of carbonyl (C=O) groups is 1. The van der Waals surface area contributed by atoms with Crippen LogP contribution < -0.4 is 0 Å². The van der Waals surface area contributed by atoms with Crippen LogP contribution in [0.4, 0.5) is 4.39 Å². The molecule has 0 aliphatic rings. The minimum Gasteiger partial charge on any atom is -0.481 e. The number of thioether (sulfide) groups is 1. The third-order valence-electron chi connectivity index (χ3n) is 3.38. The average molecular weight is 310 g/mol. The first-order valence-electron chi connectivity index (χ1n) is 6.88. The zero-order valence-corrected chi connectivity index (χ0v) is 13.2. The van der Waals surface area contributed by atoms with Crippen LogP contribution >= 0.6 is 11.8 Å². The maximum atomic E-state index is 13.6. The number of carboxylic acid groups (broad SMARTS) is 1. The van der Waals surface area contributed by atoms with E-state index in [4.69, 9.17) is 5.11 Å². The highest BCUT2D eigenvalue weighted by Crippen LogP contribution is 2.33. The van der Waals surface area contributed by atoms with Crippen LogP contribution in [-0.2, 0) is 10.3 Å². The Bertz CT molecular complexity index is 667. The molecule has 2 rings (SSSR count). The van der Waals surface area contributed by atoms with Crippen LogP contribution in [0, 0.1) is 5.82 Å². The number of rotatable bonds is 6. The predicted molar refractivity (Wildman–Crippen MR) is 82.3 cm³/mol. The number of nitrogens with zero attached hydrogens (tertiary/aromatic N) is 2. The molecule has 6 heteroatoms. The average Bonchev–Trinajstić information content (AvgIpc) is 2.74. The number of imidazole rings is 1. The van der Waals surface area contributed by atoms with Gasteiger partial charge in [-0.3, -0.25) is 4.79 Å². The van der Waals surface area contributed by atoms with Gasteiger partial charge >= 0.3 is 5.97 Å². The van der Waals surface area contributed by atoms with E-state index < -0.39 is 5.97 Å². The Balaban J connectivity index is 2.58. The molecule has 0 radical (unpaired) electrons. The van der Waals surface area contributed by atoms with Crippen molar-refractivity contribution in [3.8, 4) is 0 Å². The van der Waals surface area contributed by atoms with Crippen LogP contribution in [0.25, 0.3) is 11.0 Å². The molecule has 1 aromatic carbocycles. The molecule has 114 valence electrons. The summed E-state index contributed by atoms with van der Waals surface area (Å²) in [5.41, 5.74) is 1.15. The molecular formula is C15H19FN2O2S. The van der Waals surface area contributed by atoms with Gasteiger partial charge in [0.15, 0.2) is 5.16 Å². The molecule has 1 N–H and O–H groups in total. The van der Waals surface area contributed by atoms with E-state index in [2.05, 4.69) is 25.8 Å². The fourth-order valence-electron chi connectivity index (χ4n) is 2.56. The monoisotopic (exact) mass is 310 g/mol. The van der Waals surface area contributed by atoms with Gasteiger partial charge in [-0.1, -0.05) is 25.1 Å². The number of hydrogen-bond donors (Lipinski definition) is 1. The summed E-state index contributed by atoms with van der Waals surface area (Å²) in [6.45, 7) is 6.21. The van der Waals surface area contributed by atoms with Crippen LogP contribution in [0.5, 0.6) is 0 Å². The number of carboxylic acids is 1. The molecule has 0 fully saturated rings. The molecule has 1 aromatic heterocycles. The second-order valence-electron chi connectivity index (χ2n) is 5.61. The van der Waals surface area contributed by atoms with Gasteiger partial charge in [0, 0.05) is 5.54 Å². The van der Waals surface area contributed by atoms with Crippen molar-refractivity contribution in [2.75, 3.05) is 5.75 Å². The molecule has 0 spiro atoms. The highest BCUT2D eigenvalue weighted by atomic mass is 32.2. The van der Waals surface area contributed by atoms with Crippen molar-refractivity contribution < 1.29 is 14.3 Å². The van der Waals surface area contributed by atoms with Crippen molar-refractivity contribution >= 4 is 28.8 Å². The van der Waals surface area contributed by atoms with Gasteiger partial charge in [0.25, 0.3) is 0 Å². The van der Waals surface area contributed by atoms with Gasteiger partial charge < -0.3 is 9.67 Å². The van der Waals surface area contributed by atoms with Crippen LogP contribution in [0.2, 0.25) is 0 Å². The summed E-state index contributed by atoms with van der Waals surface area (Å²) in [6.07, 6.45) is 1.88. The van der Waals surface area contributed by atoms with Crippen LogP contribution in [0.1, 0.15) is 33.6 Å². The van der Waals surface area contributed by atoms with Crippen molar-refractivity contribution in [2.24, 2.45) is 0 Å². The number of halogens is 1. The second kappa shape index (κ2) is 6.05. The summed E-state index contributed by atoms with van der Waals surface area (Å²) in [6, 6.07) is 4.47. The highest BCUT2D eigenvalue weighted by Gasteiger charge is 2.26. The number of benzene rings is 1. The molecule has 0 bridgehead atoms. The first-order chi connectivity index (χ1) is 9.85. The Kier molecular flexibility index (Phi) is 4.56. The van der Waals surface area contributed by atoms with Crippen molar-refractivity contribution in [3.63, 3.8) is 0 Å². The first-order valence-corrected chi connectivity index (χ1v) is 7.87. The van der Waals surface area contributed by atoms with E-state index in [0.717, 1.165) is 12.8 Å². The molecule has 0 amide bonds. The van der Waals surface area contributed by atoms with Gasteiger partial charge in [0.1, 0.15) is 5.82 Å². The van der Waals surface area contributed by atoms with Crippen LogP contribution in [0.15, 0.2) is 23.4 Å². The molecule has 0 aliphatic heterocycles. The quantitative estimate of drug-likeness (QED) is 0.823. The van der Waals surface area contributed by atoms with E-state index in [1.165, 1.54) is 23.9 Å². The normalized spacial score (nSPS) is 12.0. The molecular weight excluding hydrogens is 291 g/mol. The smallest absolute Gasteiger partial charge is 0.313 e. The van der Waals surface area contributed by atoms with Gasteiger partial charge in [0.05, 0.1) is 16.8 Å². The minimum atomic E-state index is -0.891. The third kappa shape index (κ3) is 3.37. The Morgan fingerprint density at radius 1 is 1.48 bits per heavy atom. The van der Waals surface area contributed by atoms with E-state index in [9.17, 15) is 9.18 Å². The van der Waals surface area contributed by atoms with Gasteiger partial charge in [-0.2, -0.15) is 0 Å². The molecule has 0 aliphatic carbocycles. The number of aromatic nitrogens is 2. The summed E-state index contributed by atoms with van der Waals surface area (Å²) in [7, 11) is 0. The standard InChI is InChI=1S/C15H19FN2O2S/c1-4-7-15(2,3)18-12-8-10(16)5-6-11(12)17-14(18)21-9-13(19)20/h5-6,8H,4,7,9H2,1-3H3,(H,19,20). The van der Waals surface area contributed by atoms with E-state index >= 15 is 0 Å². The second-order valence-corrected chi connectivity index (χ2v) is 6.55. The number of hydrogen-bond acceptors (Lipinski definition) is 3. The van der Waals surface area contributed by atoms with Gasteiger partial charge in [-0.15, -0.1) is 0 Å². The van der Waals surface area contributed by atoms with E-state index in [1.807, 2.05) is 4.57 Å². The molecule has 21 heavy (non-hydrogen) atoms. The van der Waals surface area contributed by atoms with E-state index in [-0.39, 0.29) is 17.1 Å². The van der Waals surface area contributed by atoms with Gasteiger partial charge in [-0.05, 0) is 38.5 Å². The number of aliphatic carboxylic acids is 1. The molecule has 0 atom stereocenters. The maximum Gasteiger partial charge on any atom is 0.313 e. The van der Waals surface area contributed by atoms with Crippen molar-refractivity contribution in [3.05, 3.63) is 24.0 Å². The molecule has 4 nitrogen and oxygen atoms in total. The Morgan fingerprint density at radius 3 is 2.81 bits per heavy atom. The Hall–Kier alpha value is -1.56. The minimum absolute atomic E-state index is 0.0615. The van der Waals surface area contributed by atoms with Crippen molar-refractivity contribution in [1.82, 2.24) is 9.55 Å². The third-order valence-corrected chi connectivity index (χ3v) is 4.30. The first kappa shape index (κ1) is 15.8. The number of fused-ring (bicyclic) bond motifs is 1. The van der Waals surface area contributed by atoms with Crippen molar-refractivity contribution in [2.45, 2.75) is 44.3 Å². The van der Waals surface area contributed by atoms with Crippen LogP contribution in [-0.4, -0.2) is 26.4 Å².